The number of hydrogen-bond acceptors (Lipinski definition) is 8. The Morgan fingerprint density at radius 3 is 2.81 bits per heavy atom. The van der Waals surface area contributed by atoms with Crippen LogP contribution in [0.1, 0.15) is 12.0 Å². The van der Waals surface area contributed by atoms with E-state index >= 15 is 0 Å². The monoisotopic (exact) mass is 442 g/mol. The third kappa shape index (κ3) is 6.10. The zero-order valence-corrected chi connectivity index (χ0v) is 18.8. The second-order valence-corrected chi connectivity index (χ2v) is 8.48. The van der Waals surface area contributed by atoms with Gasteiger partial charge in [0.2, 0.25) is 0 Å². The zero-order chi connectivity index (χ0) is 22.2. The first-order valence-electron chi connectivity index (χ1n) is 11.3. The largest absolute Gasteiger partial charge is 0.493 e. The maximum Gasteiger partial charge on any atom is 0.161 e. The summed E-state index contributed by atoms with van der Waals surface area (Å²) >= 11 is 0. The zero-order valence-electron chi connectivity index (χ0n) is 18.8. The lowest BCUT2D eigenvalue weighted by Crippen LogP contribution is -2.43. The molecule has 2 aromatic rings. The highest BCUT2D eigenvalue weighted by atomic mass is 16.5. The van der Waals surface area contributed by atoms with E-state index in [1.54, 1.807) is 13.3 Å². The van der Waals surface area contributed by atoms with Gasteiger partial charge >= 0.3 is 0 Å². The Labute approximate surface area is 190 Å². The number of pyridine rings is 1. The maximum absolute atomic E-state index is 11.0. The lowest BCUT2D eigenvalue weighted by atomic mass is 10.0. The summed E-state index contributed by atoms with van der Waals surface area (Å²) in [4.78, 5) is 8.87. The third-order valence-electron chi connectivity index (χ3n) is 6.09. The van der Waals surface area contributed by atoms with E-state index in [1.807, 2.05) is 36.4 Å². The number of β-amino-alcohol motifs (C(OH)–C–C–N with tert-alkyl or cyclic N) is 1. The molecule has 2 aliphatic rings. The number of morpholine rings is 1. The summed E-state index contributed by atoms with van der Waals surface area (Å²) in [5, 5.41) is 14.4. The van der Waals surface area contributed by atoms with Crippen LogP contribution in [0.5, 0.6) is 11.5 Å². The topological polar surface area (TPSA) is 79.3 Å². The van der Waals surface area contributed by atoms with Crippen LogP contribution in [0.2, 0.25) is 0 Å². The van der Waals surface area contributed by atoms with E-state index in [9.17, 15) is 5.11 Å². The van der Waals surface area contributed by atoms with Crippen molar-refractivity contribution in [2.24, 2.45) is 0 Å². The number of ether oxygens (including phenoxy) is 3. The molecule has 2 N–H and O–H groups in total. The van der Waals surface area contributed by atoms with Crippen molar-refractivity contribution in [1.29, 1.82) is 0 Å². The first-order valence-corrected chi connectivity index (χ1v) is 11.3. The van der Waals surface area contributed by atoms with Gasteiger partial charge < -0.3 is 29.5 Å². The molecule has 3 heterocycles. The summed E-state index contributed by atoms with van der Waals surface area (Å²) in [5.41, 5.74) is 0.329. The van der Waals surface area contributed by atoms with Gasteiger partial charge in [-0.2, -0.15) is 0 Å². The molecule has 2 aliphatic heterocycles. The number of hydrogen-bond donors (Lipinski definition) is 2. The van der Waals surface area contributed by atoms with Crippen molar-refractivity contribution in [3.8, 4) is 11.5 Å². The van der Waals surface area contributed by atoms with Gasteiger partial charge in [-0.25, -0.2) is 4.98 Å². The predicted molar refractivity (Wildman–Crippen MR) is 123 cm³/mol. The molecular weight excluding hydrogens is 408 g/mol. The molecule has 0 aliphatic carbocycles. The van der Waals surface area contributed by atoms with Crippen molar-refractivity contribution < 1.29 is 19.3 Å². The average molecular weight is 443 g/mol. The number of aliphatic hydroxyl groups is 1. The van der Waals surface area contributed by atoms with Crippen LogP contribution >= 0.6 is 0 Å². The fourth-order valence-corrected chi connectivity index (χ4v) is 4.23. The molecule has 8 nitrogen and oxygen atoms in total. The van der Waals surface area contributed by atoms with Crippen LogP contribution in [0, 0.1) is 0 Å². The van der Waals surface area contributed by atoms with Crippen LogP contribution in [-0.2, 0) is 11.3 Å². The molecule has 2 fully saturated rings. The average Bonchev–Trinajstić information content (AvgIpc) is 3.23. The Hall–Kier alpha value is -2.39. The molecule has 1 atom stereocenters. The minimum absolute atomic E-state index is 0.524. The van der Waals surface area contributed by atoms with E-state index in [2.05, 4.69) is 20.1 Å². The molecule has 0 radical (unpaired) electrons. The van der Waals surface area contributed by atoms with Gasteiger partial charge in [0, 0.05) is 52.0 Å². The minimum atomic E-state index is -0.760. The highest BCUT2D eigenvalue weighted by Crippen LogP contribution is 2.28. The van der Waals surface area contributed by atoms with Gasteiger partial charge in [-0.05, 0) is 36.2 Å². The van der Waals surface area contributed by atoms with Gasteiger partial charge in [0.25, 0.3) is 0 Å². The van der Waals surface area contributed by atoms with Crippen LogP contribution in [0.4, 0.5) is 5.82 Å². The Balaban J connectivity index is 1.23. The SMILES string of the molecule is COc1cc(CNC[C@@]2(O)CCN(c3ccccn3)C2)ccc1OCCN1CCOCC1. The van der Waals surface area contributed by atoms with Crippen molar-refractivity contribution in [2.75, 3.05) is 71.1 Å². The van der Waals surface area contributed by atoms with Crippen molar-refractivity contribution in [3.05, 3.63) is 48.2 Å². The number of nitrogens with one attached hydrogen (secondary N) is 1. The summed E-state index contributed by atoms with van der Waals surface area (Å²) in [5.74, 6) is 2.40. The third-order valence-corrected chi connectivity index (χ3v) is 6.09. The number of anilines is 1. The molecule has 174 valence electrons. The molecule has 2 saturated heterocycles. The van der Waals surface area contributed by atoms with Crippen LogP contribution in [-0.4, -0.2) is 86.8 Å². The van der Waals surface area contributed by atoms with E-state index in [0.29, 0.717) is 26.2 Å². The van der Waals surface area contributed by atoms with E-state index in [0.717, 1.165) is 68.7 Å². The van der Waals surface area contributed by atoms with Gasteiger partial charge in [-0.3, -0.25) is 4.90 Å². The van der Waals surface area contributed by atoms with E-state index in [1.165, 1.54) is 0 Å². The highest BCUT2D eigenvalue weighted by Gasteiger charge is 2.36. The number of aromatic nitrogens is 1. The summed E-state index contributed by atoms with van der Waals surface area (Å²) in [6.07, 6.45) is 2.50. The standard InChI is InChI=1S/C24H34N4O4/c1-30-22-16-20(5-6-21(22)32-15-12-27-10-13-31-14-11-27)17-25-18-24(29)7-9-28(19-24)23-4-2-3-8-26-23/h2-6,8,16,25,29H,7,9-15,17-19H2,1H3/t24-/m0/s1. The van der Waals surface area contributed by atoms with Gasteiger partial charge in [0.1, 0.15) is 12.4 Å². The lowest BCUT2D eigenvalue weighted by Gasteiger charge is -2.26. The van der Waals surface area contributed by atoms with Crippen molar-refractivity contribution in [3.63, 3.8) is 0 Å². The first kappa shape index (κ1) is 22.8. The Kier molecular flexibility index (Phi) is 7.81. The molecule has 0 spiro atoms. The first-order chi connectivity index (χ1) is 15.6. The molecule has 32 heavy (non-hydrogen) atoms. The van der Waals surface area contributed by atoms with Crippen LogP contribution in [0.15, 0.2) is 42.6 Å². The number of methoxy groups -OCH3 is 1. The summed E-state index contributed by atoms with van der Waals surface area (Å²) < 4.78 is 16.9. The molecule has 0 unspecified atom stereocenters. The predicted octanol–water partition coefficient (Wildman–Crippen LogP) is 1.53. The quantitative estimate of drug-likeness (QED) is 0.574. The summed E-state index contributed by atoms with van der Waals surface area (Å²) in [7, 11) is 1.66. The fourth-order valence-electron chi connectivity index (χ4n) is 4.23. The van der Waals surface area contributed by atoms with Crippen LogP contribution < -0.4 is 19.7 Å². The molecule has 8 heteroatoms. The number of benzene rings is 1. The number of rotatable bonds is 10. The van der Waals surface area contributed by atoms with Gasteiger partial charge in [-0.1, -0.05) is 12.1 Å². The van der Waals surface area contributed by atoms with Gasteiger partial charge in [-0.15, -0.1) is 0 Å². The smallest absolute Gasteiger partial charge is 0.161 e. The second kappa shape index (κ2) is 11.0. The summed E-state index contributed by atoms with van der Waals surface area (Å²) in [6, 6.07) is 11.9. The van der Waals surface area contributed by atoms with Gasteiger partial charge in [0.15, 0.2) is 11.5 Å². The van der Waals surface area contributed by atoms with Crippen LogP contribution in [0.25, 0.3) is 0 Å². The minimum Gasteiger partial charge on any atom is -0.493 e. The molecule has 0 bridgehead atoms. The Morgan fingerprint density at radius 2 is 2.03 bits per heavy atom. The van der Waals surface area contributed by atoms with Crippen molar-refractivity contribution in [2.45, 2.75) is 18.6 Å². The van der Waals surface area contributed by atoms with Crippen molar-refractivity contribution >= 4 is 5.82 Å². The van der Waals surface area contributed by atoms with E-state index in [-0.39, 0.29) is 0 Å². The van der Waals surface area contributed by atoms with E-state index in [4.69, 9.17) is 14.2 Å². The van der Waals surface area contributed by atoms with Crippen molar-refractivity contribution in [1.82, 2.24) is 15.2 Å². The van der Waals surface area contributed by atoms with Crippen LogP contribution in [0.3, 0.4) is 0 Å². The lowest BCUT2D eigenvalue weighted by molar-refractivity contribution is 0.0321. The Bertz CT molecular complexity index is 847. The highest BCUT2D eigenvalue weighted by molar-refractivity contribution is 5.43. The normalized spacial score (nSPS) is 21.6. The molecule has 1 aromatic heterocycles. The number of nitrogens with zero attached hydrogens (tertiary/aromatic N) is 3. The maximum atomic E-state index is 11.0. The second-order valence-electron chi connectivity index (χ2n) is 8.48. The molecule has 0 amide bonds. The van der Waals surface area contributed by atoms with E-state index < -0.39 is 5.60 Å². The molecule has 1 aromatic carbocycles. The summed E-state index contributed by atoms with van der Waals surface area (Å²) in [6.45, 7) is 7.55. The molecule has 0 saturated carbocycles. The van der Waals surface area contributed by atoms with Gasteiger partial charge in [0.05, 0.1) is 25.9 Å². The Morgan fingerprint density at radius 1 is 1.16 bits per heavy atom. The fraction of sp³-hybridized carbons (Fsp3) is 0.542. The molecular formula is C24H34N4O4. The molecule has 4 rings (SSSR count).